The molecule has 0 fully saturated rings. The van der Waals surface area contributed by atoms with E-state index in [0.29, 0.717) is 17.9 Å². The Kier molecular flexibility index (Phi) is 6.47. The molecule has 7 nitrogen and oxygen atoms in total. The van der Waals surface area contributed by atoms with E-state index in [-0.39, 0.29) is 22.0 Å². The van der Waals surface area contributed by atoms with Crippen LogP contribution in [-0.4, -0.2) is 40.3 Å². The second kappa shape index (κ2) is 8.39. The molecule has 2 rings (SSSR count). The fourth-order valence-electron chi connectivity index (χ4n) is 2.29. The van der Waals surface area contributed by atoms with Crippen molar-refractivity contribution in [2.45, 2.75) is 11.3 Å². The molecule has 0 aliphatic rings. The summed E-state index contributed by atoms with van der Waals surface area (Å²) in [5.74, 6) is -0.109. The van der Waals surface area contributed by atoms with Gasteiger partial charge in [-0.3, -0.25) is 0 Å². The van der Waals surface area contributed by atoms with Crippen molar-refractivity contribution in [2.75, 3.05) is 20.8 Å². The molecule has 0 bridgehead atoms. The zero-order valence-electron chi connectivity index (χ0n) is 14.2. The minimum absolute atomic E-state index is 0.0476. The number of aromatic carboxylic acids is 1. The lowest BCUT2D eigenvalue weighted by atomic mass is 10.1. The molecule has 140 valence electrons. The summed E-state index contributed by atoms with van der Waals surface area (Å²) >= 11 is 5.91. The van der Waals surface area contributed by atoms with E-state index < -0.39 is 16.0 Å². The predicted octanol–water partition coefficient (Wildman–Crippen LogP) is 2.58. The van der Waals surface area contributed by atoms with Gasteiger partial charge in [-0.15, -0.1) is 0 Å². The van der Waals surface area contributed by atoms with Gasteiger partial charge in [-0.05, 0) is 42.3 Å². The summed E-state index contributed by atoms with van der Waals surface area (Å²) in [6.45, 7) is 0.103. The first-order valence-corrected chi connectivity index (χ1v) is 9.38. The maximum absolute atomic E-state index is 12.4. The number of benzene rings is 2. The summed E-state index contributed by atoms with van der Waals surface area (Å²) in [7, 11) is -0.903. The van der Waals surface area contributed by atoms with Gasteiger partial charge in [0.1, 0.15) is 4.90 Å². The van der Waals surface area contributed by atoms with E-state index >= 15 is 0 Å². The Morgan fingerprint density at radius 2 is 1.81 bits per heavy atom. The maximum Gasteiger partial charge on any atom is 0.335 e. The van der Waals surface area contributed by atoms with Crippen LogP contribution in [0.15, 0.2) is 41.3 Å². The normalized spacial score (nSPS) is 11.2. The predicted molar refractivity (Wildman–Crippen MR) is 96.8 cm³/mol. The molecule has 0 aromatic heterocycles. The maximum atomic E-state index is 12.4. The Balaban J connectivity index is 2.12. The minimum atomic E-state index is -3.95. The summed E-state index contributed by atoms with van der Waals surface area (Å²) in [6.07, 6.45) is 0.399. The van der Waals surface area contributed by atoms with Crippen LogP contribution in [0.3, 0.4) is 0 Å². The van der Waals surface area contributed by atoms with Crippen LogP contribution in [-0.2, 0) is 16.4 Å². The van der Waals surface area contributed by atoms with Crippen molar-refractivity contribution in [1.29, 1.82) is 0 Å². The highest BCUT2D eigenvalue weighted by atomic mass is 35.5. The number of ether oxygens (including phenoxy) is 2. The van der Waals surface area contributed by atoms with Gasteiger partial charge in [0.25, 0.3) is 0 Å². The van der Waals surface area contributed by atoms with Crippen molar-refractivity contribution < 1.29 is 27.8 Å². The quantitative estimate of drug-likeness (QED) is 0.707. The molecule has 0 saturated heterocycles. The number of hydrogen-bond donors (Lipinski definition) is 2. The molecule has 26 heavy (non-hydrogen) atoms. The van der Waals surface area contributed by atoms with E-state index in [1.54, 1.807) is 18.2 Å². The fourth-order valence-corrected chi connectivity index (χ4v) is 3.84. The highest BCUT2D eigenvalue weighted by molar-refractivity contribution is 7.89. The Morgan fingerprint density at radius 3 is 2.42 bits per heavy atom. The van der Waals surface area contributed by atoms with Gasteiger partial charge < -0.3 is 14.6 Å². The van der Waals surface area contributed by atoms with Crippen LogP contribution in [0, 0.1) is 0 Å². The molecular weight excluding hydrogens is 382 g/mol. The fraction of sp³-hybridized carbons (Fsp3) is 0.235. The third kappa shape index (κ3) is 4.66. The van der Waals surface area contributed by atoms with E-state index in [0.717, 1.165) is 11.6 Å². The number of hydrogen-bond acceptors (Lipinski definition) is 5. The van der Waals surface area contributed by atoms with Crippen LogP contribution in [0.5, 0.6) is 11.5 Å². The van der Waals surface area contributed by atoms with E-state index in [9.17, 15) is 13.2 Å². The summed E-state index contributed by atoms with van der Waals surface area (Å²) in [5.41, 5.74) is 0.686. The van der Waals surface area contributed by atoms with Crippen molar-refractivity contribution in [1.82, 2.24) is 4.72 Å². The largest absolute Gasteiger partial charge is 0.493 e. The van der Waals surface area contributed by atoms with Crippen LogP contribution >= 0.6 is 11.6 Å². The van der Waals surface area contributed by atoms with Crippen molar-refractivity contribution >= 4 is 27.6 Å². The van der Waals surface area contributed by atoms with Gasteiger partial charge in [-0.1, -0.05) is 17.7 Å². The summed E-state index contributed by atoms with van der Waals surface area (Å²) in [5, 5.41) is 8.95. The summed E-state index contributed by atoms with van der Waals surface area (Å²) < 4.78 is 37.6. The van der Waals surface area contributed by atoms with Gasteiger partial charge >= 0.3 is 5.97 Å². The minimum Gasteiger partial charge on any atom is -0.493 e. The molecule has 0 saturated carbocycles. The van der Waals surface area contributed by atoms with E-state index in [2.05, 4.69) is 4.72 Å². The average Bonchev–Trinajstić information content (AvgIpc) is 2.61. The van der Waals surface area contributed by atoms with Crippen molar-refractivity contribution in [3.05, 3.63) is 52.5 Å². The number of carboxylic acids is 1. The molecule has 0 spiro atoms. The Labute approximate surface area is 156 Å². The van der Waals surface area contributed by atoms with Crippen molar-refractivity contribution in [2.24, 2.45) is 0 Å². The van der Waals surface area contributed by atoms with Crippen LogP contribution < -0.4 is 14.2 Å². The third-order valence-corrected chi connectivity index (χ3v) is 5.56. The lowest BCUT2D eigenvalue weighted by Crippen LogP contribution is -2.26. The Bertz CT molecular complexity index is 913. The van der Waals surface area contributed by atoms with Crippen LogP contribution in [0.1, 0.15) is 15.9 Å². The first kappa shape index (κ1) is 20.0. The van der Waals surface area contributed by atoms with Gasteiger partial charge in [0, 0.05) is 6.54 Å². The molecule has 9 heteroatoms. The number of methoxy groups -OCH3 is 2. The molecular formula is C17H18ClNO6S. The van der Waals surface area contributed by atoms with Crippen molar-refractivity contribution in [3.63, 3.8) is 0 Å². The van der Waals surface area contributed by atoms with Gasteiger partial charge in [-0.25, -0.2) is 17.9 Å². The lowest BCUT2D eigenvalue weighted by molar-refractivity contribution is 0.0696. The molecule has 2 N–H and O–H groups in total. The van der Waals surface area contributed by atoms with Gasteiger partial charge in [0.15, 0.2) is 11.5 Å². The molecule has 0 atom stereocenters. The number of halogens is 1. The van der Waals surface area contributed by atoms with Crippen LogP contribution in [0.25, 0.3) is 0 Å². The highest BCUT2D eigenvalue weighted by Crippen LogP contribution is 2.28. The molecule has 0 radical (unpaired) electrons. The first-order valence-electron chi connectivity index (χ1n) is 7.52. The van der Waals surface area contributed by atoms with E-state index in [4.69, 9.17) is 26.2 Å². The monoisotopic (exact) mass is 399 g/mol. The number of carboxylic acid groups (broad SMARTS) is 1. The zero-order chi connectivity index (χ0) is 19.3. The molecule has 0 amide bonds. The SMILES string of the molecule is COc1ccc(CCNS(=O)(=O)c2cc(C(=O)O)ccc2Cl)cc1OC. The second-order valence-corrected chi connectivity index (χ2v) is 7.43. The Morgan fingerprint density at radius 1 is 1.12 bits per heavy atom. The van der Waals surface area contributed by atoms with Crippen LogP contribution in [0.4, 0.5) is 0 Å². The van der Waals surface area contributed by atoms with Gasteiger partial charge in [0.2, 0.25) is 10.0 Å². The third-order valence-electron chi connectivity index (χ3n) is 3.62. The summed E-state index contributed by atoms with van der Waals surface area (Å²) in [6, 6.07) is 8.80. The van der Waals surface area contributed by atoms with Gasteiger partial charge in [-0.2, -0.15) is 0 Å². The van der Waals surface area contributed by atoms with E-state index in [1.807, 2.05) is 0 Å². The number of sulfonamides is 1. The molecule has 2 aromatic carbocycles. The number of nitrogens with one attached hydrogen (secondary N) is 1. The Hall–Kier alpha value is -2.29. The number of rotatable bonds is 8. The van der Waals surface area contributed by atoms with Crippen LogP contribution in [0.2, 0.25) is 5.02 Å². The topological polar surface area (TPSA) is 102 Å². The molecule has 2 aromatic rings. The average molecular weight is 400 g/mol. The molecule has 0 aliphatic heterocycles. The van der Waals surface area contributed by atoms with Gasteiger partial charge in [0.05, 0.1) is 24.8 Å². The molecule has 0 unspecified atom stereocenters. The molecule has 0 heterocycles. The lowest BCUT2D eigenvalue weighted by Gasteiger charge is -2.11. The molecule has 0 aliphatic carbocycles. The highest BCUT2D eigenvalue weighted by Gasteiger charge is 2.19. The summed E-state index contributed by atoms with van der Waals surface area (Å²) in [4.78, 5) is 10.8. The zero-order valence-corrected chi connectivity index (χ0v) is 15.7. The van der Waals surface area contributed by atoms with Crippen molar-refractivity contribution in [3.8, 4) is 11.5 Å². The number of carbonyl (C=O) groups is 1. The second-order valence-electron chi connectivity index (χ2n) is 5.29. The first-order chi connectivity index (χ1) is 12.3. The van der Waals surface area contributed by atoms with E-state index in [1.165, 1.54) is 26.4 Å². The smallest absolute Gasteiger partial charge is 0.335 e. The standard InChI is InChI=1S/C17H18ClNO6S/c1-24-14-6-3-11(9-15(14)25-2)7-8-19-26(22,23)16-10-12(17(20)21)4-5-13(16)18/h3-6,9-10,19H,7-8H2,1-2H3,(H,20,21).